The average molecular weight is 531 g/mol. The zero-order chi connectivity index (χ0) is 26.3. The third-order valence-electron chi connectivity index (χ3n) is 5.99. The van der Waals surface area contributed by atoms with E-state index in [4.69, 9.17) is 23.2 Å². The summed E-state index contributed by atoms with van der Waals surface area (Å²) in [5.74, 6) is -6.70. The second-order valence-corrected chi connectivity index (χ2v) is 10.1. The van der Waals surface area contributed by atoms with E-state index in [9.17, 15) is 28.0 Å². The Kier molecular flexibility index (Phi) is 7.24. The number of carbonyl (C=O) groups excluding carboxylic acids is 2. The van der Waals surface area contributed by atoms with Crippen molar-refractivity contribution in [1.82, 2.24) is 5.32 Å². The number of benzene rings is 2. The highest BCUT2D eigenvalue weighted by molar-refractivity contribution is 6.31. The van der Waals surface area contributed by atoms with E-state index in [2.05, 4.69) is 16.1 Å². The van der Waals surface area contributed by atoms with E-state index < -0.39 is 52.8 Å². The fourth-order valence-electron chi connectivity index (χ4n) is 4.66. The minimum absolute atomic E-state index is 0.199. The largest absolute Gasteiger partial charge is 0.491 e. The summed E-state index contributed by atoms with van der Waals surface area (Å²) in [7, 11) is 0. The third kappa shape index (κ3) is 4.88. The lowest BCUT2D eigenvalue weighted by atomic mass is 9.60. The van der Waals surface area contributed by atoms with Gasteiger partial charge >= 0.3 is 18.1 Å². The van der Waals surface area contributed by atoms with Crippen molar-refractivity contribution >= 4 is 35.1 Å². The number of hydrogen-bond acceptors (Lipinski definition) is 5. The smallest absolute Gasteiger partial charge is 0.385 e. The van der Waals surface area contributed by atoms with Crippen molar-refractivity contribution in [2.24, 2.45) is 5.41 Å². The van der Waals surface area contributed by atoms with Gasteiger partial charge in [0.25, 0.3) is 0 Å². The molecule has 0 bridgehead atoms. The SMILES string of the molecule is CC(C)(C)[C@@H]1N[C@@H](C(=O)OC(=O)C(F)(F)F)[C@H](c2cccc(Cl)c2F)[C@@]1(C#N)c1ccc(Cl)cc1. The molecule has 11 heteroatoms. The maximum atomic E-state index is 15.3. The Balaban J connectivity index is 2.31. The molecule has 35 heavy (non-hydrogen) atoms. The van der Waals surface area contributed by atoms with Crippen molar-refractivity contribution in [1.29, 1.82) is 5.26 Å². The van der Waals surface area contributed by atoms with Gasteiger partial charge in [-0.05, 0) is 34.7 Å². The topological polar surface area (TPSA) is 79.2 Å². The molecular weight excluding hydrogens is 511 g/mol. The molecule has 2 aromatic rings. The Morgan fingerprint density at radius 2 is 1.69 bits per heavy atom. The van der Waals surface area contributed by atoms with Crippen LogP contribution < -0.4 is 5.32 Å². The summed E-state index contributed by atoms with van der Waals surface area (Å²) >= 11 is 12.0. The minimum atomic E-state index is -5.43. The Bertz CT molecular complexity index is 1190. The Morgan fingerprint density at radius 3 is 2.20 bits per heavy atom. The summed E-state index contributed by atoms with van der Waals surface area (Å²) in [6.45, 7) is 5.23. The summed E-state index contributed by atoms with van der Waals surface area (Å²) in [5.41, 5.74) is -2.36. The van der Waals surface area contributed by atoms with E-state index in [0.717, 1.165) is 0 Å². The van der Waals surface area contributed by atoms with Crippen LogP contribution in [0.2, 0.25) is 10.0 Å². The van der Waals surface area contributed by atoms with Gasteiger partial charge in [0.05, 0.1) is 11.1 Å². The average Bonchev–Trinajstić information content (AvgIpc) is 3.12. The fraction of sp³-hybridized carbons (Fsp3) is 0.375. The van der Waals surface area contributed by atoms with Gasteiger partial charge in [-0.1, -0.05) is 68.2 Å². The second kappa shape index (κ2) is 9.41. The molecule has 1 aliphatic heterocycles. The maximum Gasteiger partial charge on any atom is 0.491 e. The molecule has 3 rings (SSSR count). The van der Waals surface area contributed by atoms with E-state index in [0.29, 0.717) is 10.6 Å². The molecule has 1 heterocycles. The molecule has 0 radical (unpaired) electrons. The number of alkyl halides is 3. The highest BCUT2D eigenvalue weighted by Gasteiger charge is 2.63. The number of nitrogens with one attached hydrogen (secondary N) is 1. The van der Waals surface area contributed by atoms with Gasteiger partial charge in [-0.15, -0.1) is 0 Å². The predicted molar refractivity (Wildman–Crippen MR) is 120 cm³/mol. The lowest BCUT2D eigenvalue weighted by Crippen LogP contribution is -2.50. The van der Waals surface area contributed by atoms with Gasteiger partial charge < -0.3 is 4.74 Å². The maximum absolute atomic E-state index is 15.3. The predicted octanol–water partition coefficient (Wildman–Crippen LogP) is 5.70. The Labute approximate surface area is 209 Å². The number of nitriles is 1. The number of carbonyl (C=O) groups is 2. The molecule has 186 valence electrons. The van der Waals surface area contributed by atoms with Crippen molar-refractivity contribution in [3.05, 3.63) is 69.5 Å². The molecular formula is C24H20Cl2F4N2O3. The zero-order valence-corrected chi connectivity index (χ0v) is 20.2. The molecule has 0 spiro atoms. The normalized spacial score (nSPS) is 24.6. The van der Waals surface area contributed by atoms with Crippen LogP contribution in [0.15, 0.2) is 42.5 Å². The molecule has 5 nitrogen and oxygen atoms in total. The zero-order valence-electron chi connectivity index (χ0n) is 18.7. The molecule has 4 atom stereocenters. The van der Waals surface area contributed by atoms with E-state index in [-0.39, 0.29) is 10.6 Å². The van der Waals surface area contributed by atoms with Crippen LogP contribution in [-0.2, 0) is 19.7 Å². The van der Waals surface area contributed by atoms with Crippen molar-refractivity contribution in [3.8, 4) is 6.07 Å². The number of esters is 2. The molecule has 0 unspecified atom stereocenters. The van der Waals surface area contributed by atoms with Gasteiger partial charge in [-0.25, -0.2) is 14.0 Å². The highest BCUT2D eigenvalue weighted by atomic mass is 35.5. The summed E-state index contributed by atoms with van der Waals surface area (Å²) in [4.78, 5) is 24.4. The number of rotatable bonds is 3. The monoisotopic (exact) mass is 530 g/mol. The molecule has 0 saturated carbocycles. The van der Waals surface area contributed by atoms with E-state index in [1.165, 1.54) is 42.5 Å². The Morgan fingerprint density at radius 1 is 1.09 bits per heavy atom. The molecule has 1 fully saturated rings. The lowest BCUT2D eigenvalue weighted by Gasteiger charge is -2.40. The number of nitrogens with zero attached hydrogens (tertiary/aromatic N) is 1. The third-order valence-corrected chi connectivity index (χ3v) is 6.54. The summed E-state index contributed by atoms with van der Waals surface area (Å²) in [6, 6.07) is 9.56. The standard InChI is InChI=1S/C24H20Cl2F4N2O3/c1-22(2,3)20-23(11-31,12-7-9-13(25)10-8-12)16(14-5-4-6-15(26)17(14)27)18(32-20)19(33)35-21(34)24(28,29)30/h4-10,16,18,20,32H,1-3H3/t16-,18+,20-,23+/m0/s1. The summed E-state index contributed by atoms with van der Waals surface area (Å²) in [5, 5.41) is 13.5. The van der Waals surface area contributed by atoms with Gasteiger partial charge in [0.1, 0.15) is 17.3 Å². The number of halogens is 6. The van der Waals surface area contributed by atoms with Crippen molar-refractivity contribution in [2.45, 2.75) is 50.4 Å². The van der Waals surface area contributed by atoms with Crippen LogP contribution in [-0.4, -0.2) is 30.2 Å². The number of hydrogen-bond donors (Lipinski definition) is 1. The minimum Gasteiger partial charge on any atom is -0.385 e. The van der Waals surface area contributed by atoms with Crippen molar-refractivity contribution in [2.75, 3.05) is 0 Å². The lowest BCUT2D eigenvalue weighted by molar-refractivity contribution is -0.202. The van der Waals surface area contributed by atoms with Crippen LogP contribution in [0.5, 0.6) is 0 Å². The van der Waals surface area contributed by atoms with E-state index in [1.807, 2.05) is 0 Å². The first-order chi connectivity index (χ1) is 16.1. The van der Waals surface area contributed by atoms with Crippen LogP contribution in [0.3, 0.4) is 0 Å². The highest BCUT2D eigenvalue weighted by Crippen LogP contribution is 2.54. The number of ether oxygens (including phenoxy) is 1. The van der Waals surface area contributed by atoms with E-state index >= 15 is 4.39 Å². The van der Waals surface area contributed by atoms with Gasteiger partial charge in [0.15, 0.2) is 0 Å². The quantitative estimate of drug-likeness (QED) is 0.313. The van der Waals surface area contributed by atoms with Gasteiger partial charge in [-0.2, -0.15) is 18.4 Å². The van der Waals surface area contributed by atoms with Gasteiger partial charge in [0.2, 0.25) is 0 Å². The van der Waals surface area contributed by atoms with Gasteiger partial charge in [-0.3, -0.25) is 5.32 Å². The van der Waals surface area contributed by atoms with Crippen LogP contribution in [0.4, 0.5) is 17.6 Å². The molecule has 2 aromatic carbocycles. The summed E-state index contributed by atoms with van der Waals surface area (Å²) < 4.78 is 58.0. The van der Waals surface area contributed by atoms with Crippen LogP contribution in [0.25, 0.3) is 0 Å². The molecule has 0 amide bonds. The summed E-state index contributed by atoms with van der Waals surface area (Å²) in [6.07, 6.45) is -5.43. The molecule has 1 saturated heterocycles. The molecule has 1 N–H and O–H groups in total. The van der Waals surface area contributed by atoms with Crippen LogP contribution in [0.1, 0.15) is 37.8 Å². The van der Waals surface area contributed by atoms with Crippen molar-refractivity contribution in [3.63, 3.8) is 0 Å². The van der Waals surface area contributed by atoms with Crippen LogP contribution in [0, 0.1) is 22.6 Å². The second-order valence-electron chi connectivity index (χ2n) is 9.26. The molecule has 0 aromatic heterocycles. The van der Waals surface area contributed by atoms with Crippen LogP contribution >= 0.6 is 23.2 Å². The molecule has 0 aliphatic carbocycles. The fourth-order valence-corrected chi connectivity index (χ4v) is 4.96. The first kappa shape index (κ1) is 26.9. The molecule has 1 aliphatic rings. The Hall–Kier alpha value is -2.67. The van der Waals surface area contributed by atoms with E-state index in [1.54, 1.807) is 20.8 Å². The van der Waals surface area contributed by atoms with Crippen molar-refractivity contribution < 1.29 is 31.9 Å². The first-order valence-electron chi connectivity index (χ1n) is 10.3. The first-order valence-corrected chi connectivity index (χ1v) is 11.1. The van der Waals surface area contributed by atoms with Gasteiger partial charge in [0, 0.05) is 17.0 Å².